The molecule has 0 radical (unpaired) electrons. The molecule has 5 nitrogen and oxygen atoms in total. The highest BCUT2D eigenvalue weighted by molar-refractivity contribution is 5.95. The van der Waals surface area contributed by atoms with Crippen LogP contribution in [0.1, 0.15) is 48.4 Å². The number of furan rings is 1. The van der Waals surface area contributed by atoms with Gasteiger partial charge in [0.05, 0.1) is 11.8 Å². The fourth-order valence-corrected chi connectivity index (χ4v) is 2.66. The Morgan fingerprint density at radius 3 is 2.50 bits per heavy atom. The lowest BCUT2D eigenvalue weighted by atomic mass is 10.1. The van der Waals surface area contributed by atoms with Crippen LogP contribution in [0.25, 0.3) is 0 Å². The van der Waals surface area contributed by atoms with Gasteiger partial charge in [0.1, 0.15) is 5.76 Å². The summed E-state index contributed by atoms with van der Waals surface area (Å²) in [6.07, 6.45) is 2.75. The minimum atomic E-state index is -0.116. The van der Waals surface area contributed by atoms with Crippen LogP contribution in [0.4, 0.5) is 0 Å². The lowest BCUT2D eigenvalue weighted by Crippen LogP contribution is -2.35. The highest BCUT2D eigenvalue weighted by atomic mass is 16.3. The predicted molar refractivity (Wildman–Crippen MR) is 102 cm³/mol. The minimum Gasteiger partial charge on any atom is -0.469 e. The van der Waals surface area contributed by atoms with Crippen molar-refractivity contribution in [1.29, 1.82) is 0 Å². The number of hydrogen-bond donors (Lipinski definition) is 1. The van der Waals surface area contributed by atoms with E-state index in [4.69, 9.17) is 4.42 Å². The molecule has 1 heterocycles. The molecule has 0 bridgehead atoms. The van der Waals surface area contributed by atoms with Gasteiger partial charge < -0.3 is 14.6 Å². The normalized spacial score (nSPS) is 10.8. The third-order valence-corrected chi connectivity index (χ3v) is 4.25. The average molecular weight is 356 g/mol. The van der Waals surface area contributed by atoms with E-state index < -0.39 is 0 Å². The first kappa shape index (κ1) is 19.8. The molecule has 0 fully saturated rings. The maximum absolute atomic E-state index is 12.9. The van der Waals surface area contributed by atoms with E-state index in [1.54, 1.807) is 17.9 Å². The van der Waals surface area contributed by atoms with Crippen molar-refractivity contribution < 1.29 is 14.0 Å². The Kier molecular flexibility index (Phi) is 7.45. The Hall–Kier alpha value is -2.56. The van der Waals surface area contributed by atoms with Gasteiger partial charge in [-0.2, -0.15) is 0 Å². The summed E-state index contributed by atoms with van der Waals surface area (Å²) in [4.78, 5) is 26.7. The zero-order chi connectivity index (χ0) is 18.9. The number of nitrogens with one attached hydrogen (secondary N) is 1. The first-order valence-corrected chi connectivity index (χ1v) is 9.11. The summed E-state index contributed by atoms with van der Waals surface area (Å²) >= 11 is 0. The molecule has 1 aromatic carbocycles. The lowest BCUT2D eigenvalue weighted by Gasteiger charge is -2.22. The van der Waals surface area contributed by atoms with E-state index in [2.05, 4.69) is 19.2 Å². The van der Waals surface area contributed by atoms with Gasteiger partial charge in [0, 0.05) is 26.1 Å². The summed E-state index contributed by atoms with van der Waals surface area (Å²) in [7, 11) is 0. The van der Waals surface area contributed by atoms with Crippen LogP contribution in [-0.2, 0) is 11.3 Å². The topological polar surface area (TPSA) is 62.6 Å². The van der Waals surface area contributed by atoms with E-state index in [0.29, 0.717) is 36.9 Å². The summed E-state index contributed by atoms with van der Waals surface area (Å²) in [5.74, 6) is 1.00. The maximum atomic E-state index is 12.9. The third-order valence-electron chi connectivity index (χ3n) is 4.25. The monoisotopic (exact) mass is 356 g/mol. The Morgan fingerprint density at radius 1 is 1.15 bits per heavy atom. The van der Waals surface area contributed by atoms with Crippen LogP contribution in [-0.4, -0.2) is 29.8 Å². The highest BCUT2D eigenvalue weighted by Gasteiger charge is 2.20. The fraction of sp³-hybridized carbons (Fsp3) is 0.429. The van der Waals surface area contributed by atoms with Gasteiger partial charge in [0.25, 0.3) is 5.91 Å². The summed E-state index contributed by atoms with van der Waals surface area (Å²) < 4.78 is 5.26. The van der Waals surface area contributed by atoms with Crippen LogP contribution in [0.2, 0.25) is 0 Å². The van der Waals surface area contributed by atoms with Crippen LogP contribution in [0.15, 0.2) is 47.1 Å². The summed E-state index contributed by atoms with van der Waals surface area (Å²) in [6.45, 7) is 7.52. The second-order valence-corrected chi connectivity index (χ2v) is 6.89. The first-order chi connectivity index (χ1) is 12.5. The van der Waals surface area contributed by atoms with Crippen molar-refractivity contribution in [3.63, 3.8) is 0 Å². The largest absolute Gasteiger partial charge is 0.469 e. The van der Waals surface area contributed by atoms with E-state index in [1.165, 1.54) is 6.26 Å². The highest BCUT2D eigenvalue weighted by Crippen LogP contribution is 2.15. The minimum absolute atomic E-state index is 0.0274. The molecule has 1 N–H and O–H groups in total. The van der Waals surface area contributed by atoms with E-state index >= 15 is 0 Å². The first-order valence-electron chi connectivity index (χ1n) is 9.11. The molecule has 0 saturated heterocycles. The SMILES string of the molecule is Cc1occc1C(=O)N(CCC(=O)NCCC(C)C)Cc1ccccc1. The van der Waals surface area contributed by atoms with E-state index in [0.717, 1.165) is 12.0 Å². The van der Waals surface area contributed by atoms with E-state index in [1.807, 2.05) is 30.3 Å². The number of carbonyl (C=O) groups is 2. The Morgan fingerprint density at radius 2 is 1.88 bits per heavy atom. The van der Waals surface area contributed by atoms with Gasteiger partial charge in [0.2, 0.25) is 5.91 Å². The fourth-order valence-electron chi connectivity index (χ4n) is 2.66. The molecule has 0 aliphatic heterocycles. The number of nitrogens with zero attached hydrogens (tertiary/aromatic N) is 1. The van der Waals surface area contributed by atoms with Gasteiger partial charge in [-0.1, -0.05) is 44.2 Å². The third kappa shape index (κ3) is 6.06. The zero-order valence-electron chi connectivity index (χ0n) is 15.8. The number of benzene rings is 1. The van der Waals surface area contributed by atoms with E-state index in [-0.39, 0.29) is 18.2 Å². The molecule has 140 valence electrons. The second-order valence-electron chi connectivity index (χ2n) is 6.89. The summed E-state index contributed by atoms with van der Waals surface area (Å²) in [6, 6.07) is 11.5. The number of aryl methyl sites for hydroxylation is 1. The molecular weight excluding hydrogens is 328 g/mol. The summed E-state index contributed by atoms with van der Waals surface area (Å²) in [5, 5.41) is 2.92. The molecule has 2 rings (SSSR count). The van der Waals surface area contributed by atoms with Gasteiger partial charge in [-0.3, -0.25) is 9.59 Å². The van der Waals surface area contributed by atoms with Crippen molar-refractivity contribution in [3.8, 4) is 0 Å². The van der Waals surface area contributed by atoms with Crippen LogP contribution >= 0.6 is 0 Å². The summed E-state index contributed by atoms with van der Waals surface area (Å²) in [5.41, 5.74) is 1.57. The molecule has 2 amide bonds. The lowest BCUT2D eigenvalue weighted by molar-refractivity contribution is -0.121. The molecular formula is C21H28N2O3. The van der Waals surface area contributed by atoms with Crippen LogP contribution in [0.3, 0.4) is 0 Å². The van der Waals surface area contributed by atoms with Crippen molar-refractivity contribution >= 4 is 11.8 Å². The Bertz CT molecular complexity index is 707. The van der Waals surface area contributed by atoms with Crippen LogP contribution in [0.5, 0.6) is 0 Å². The van der Waals surface area contributed by atoms with Crippen molar-refractivity contribution in [1.82, 2.24) is 10.2 Å². The smallest absolute Gasteiger partial charge is 0.257 e. The quantitative estimate of drug-likeness (QED) is 0.744. The predicted octanol–water partition coefficient (Wildman–Crippen LogP) is 3.78. The molecule has 0 unspecified atom stereocenters. The molecule has 0 aliphatic carbocycles. The standard InChI is InChI=1S/C21H28N2O3/c1-16(2)9-12-22-20(24)10-13-23(15-18-7-5-4-6-8-18)21(25)19-11-14-26-17(19)3/h4-8,11,14,16H,9-10,12-13,15H2,1-3H3,(H,22,24). The molecule has 0 aliphatic rings. The molecule has 5 heteroatoms. The van der Waals surface area contributed by atoms with Crippen LogP contribution in [0, 0.1) is 12.8 Å². The molecule has 26 heavy (non-hydrogen) atoms. The maximum Gasteiger partial charge on any atom is 0.257 e. The van der Waals surface area contributed by atoms with Gasteiger partial charge in [-0.25, -0.2) is 0 Å². The van der Waals surface area contributed by atoms with Gasteiger partial charge >= 0.3 is 0 Å². The molecule has 0 atom stereocenters. The van der Waals surface area contributed by atoms with Crippen molar-refractivity contribution in [3.05, 3.63) is 59.5 Å². The van der Waals surface area contributed by atoms with Gasteiger partial charge in [-0.15, -0.1) is 0 Å². The van der Waals surface area contributed by atoms with Crippen molar-refractivity contribution in [2.75, 3.05) is 13.1 Å². The van der Waals surface area contributed by atoms with Gasteiger partial charge in [0.15, 0.2) is 0 Å². The Labute approximate surface area is 155 Å². The molecule has 0 saturated carbocycles. The van der Waals surface area contributed by atoms with Gasteiger partial charge in [-0.05, 0) is 30.9 Å². The van der Waals surface area contributed by atoms with E-state index in [9.17, 15) is 9.59 Å². The molecule has 0 spiro atoms. The number of carbonyl (C=O) groups excluding carboxylic acids is 2. The molecule has 2 aromatic rings. The average Bonchev–Trinajstić information content (AvgIpc) is 3.04. The second kappa shape index (κ2) is 9.80. The number of amides is 2. The number of hydrogen-bond acceptors (Lipinski definition) is 3. The van der Waals surface area contributed by atoms with Crippen LogP contribution < -0.4 is 5.32 Å². The molecule has 1 aromatic heterocycles. The Balaban J connectivity index is 2.00. The zero-order valence-corrected chi connectivity index (χ0v) is 15.8. The van der Waals surface area contributed by atoms with Crippen molar-refractivity contribution in [2.45, 2.75) is 40.2 Å². The number of rotatable bonds is 9. The van der Waals surface area contributed by atoms with Crippen molar-refractivity contribution in [2.24, 2.45) is 5.92 Å².